The highest BCUT2D eigenvalue weighted by atomic mass is 14.9. The standard InChI is InChI=1S/C11H19N3/c1-2-3-4-11-13-9-6-5-8(12)7-10(9)14-11/h8H,2-7,12H2,1H3,(H,13,14). The largest absolute Gasteiger partial charge is 0.346 e. The summed E-state index contributed by atoms with van der Waals surface area (Å²) in [6.45, 7) is 2.21. The Morgan fingerprint density at radius 1 is 1.57 bits per heavy atom. The van der Waals surface area contributed by atoms with Gasteiger partial charge in [-0.15, -0.1) is 0 Å². The van der Waals surface area contributed by atoms with E-state index in [-0.39, 0.29) is 0 Å². The Morgan fingerprint density at radius 2 is 2.43 bits per heavy atom. The number of hydrogen-bond acceptors (Lipinski definition) is 2. The topological polar surface area (TPSA) is 54.7 Å². The Balaban J connectivity index is 2.07. The molecule has 1 aliphatic carbocycles. The van der Waals surface area contributed by atoms with Crippen LogP contribution in [0.15, 0.2) is 0 Å². The van der Waals surface area contributed by atoms with Gasteiger partial charge in [-0.1, -0.05) is 13.3 Å². The van der Waals surface area contributed by atoms with Crippen molar-refractivity contribution in [1.29, 1.82) is 0 Å². The third-order valence-corrected chi connectivity index (χ3v) is 2.90. The molecule has 1 unspecified atom stereocenters. The lowest BCUT2D eigenvalue weighted by Gasteiger charge is -2.15. The Bertz CT molecular complexity index is 303. The highest BCUT2D eigenvalue weighted by Crippen LogP contribution is 2.18. The quantitative estimate of drug-likeness (QED) is 0.765. The molecule has 3 N–H and O–H groups in total. The maximum atomic E-state index is 5.91. The van der Waals surface area contributed by atoms with Crippen LogP contribution in [0, 0.1) is 0 Å². The first-order valence-electron chi connectivity index (χ1n) is 5.61. The SMILES string of the molecule is CCCCc1nc2c([nH]1)CC(N)CC2. The number of H-pyrrole nitrogens is 1. The molecule has 1 atom stereocenters. The minimum absolute atomic E-state index is 0.335. The zero-order chi connectivity index (χ0) is 9.97. The zero-order valence-electron chi connectivity index (χ0n) is 8.84. The minimum Gasteiger partial charge on any atom is -0.346 e. The number of hydrogen-bond donors (Lipinski definition) is 2. The fourth-order valence-electron chi connectivity index (χ4n) is 2.03. The maximum Gasteiger partial charge on any atom is 0.106 e. The van der Waals surface area contributed by atoms with Crippen LogP contribution in [0.4, 0.5) is 0 Å². The van der Waals surface area contributed by atoms with E-state index in [1.54, 1.807) is 0 Å². The number of rotatable bonds is 3. The smallest absolute Gasteiger partial charge is 0.106 e. The molecule has 0 fully saturated rings. The molecule has 0 bridgehead atoms. The lowest BCUT2D eigenvalue weighted by atomic mass is 9.97. The number of aromatic nitrogens is 2. The van der Waals surface area contributed by atoms with E-state index in [0.29, 0.717) is 6.04 Å². The van der Waals surface area contributed by atoms with Crippen molar-refractivity contribution in [2.45, 2.75) is 51.5 Å². The molecule has 3 heteroatoms. The summed E-state index contributed by atoms with van der Waals surface area (Å²) in [5.41, 5.74) is 8.46. The molecule has 0 amide bonds. The first kappa shape index (κ1) is 9.71. The van der Waals surface area contributed by atoms with Crippen molar-refractivity contribution in [1.82, 2.24) is 9.97 Å². The maximum absolute atomic E-state index is 5.91. The second kappa shape index (κ2) is 4.13. The fraction of sp³-hybridized carbons (Fsp3) is 0.727. The Hall–Kier alpha value is -0.830. The van der Waals surface area contributed by atoms with Crippen molar-refractivity contribution in [3.8, 4) is 0 Å². The normalized spacial score (nSPS) is 20.9. The van der Waals surface area contributed by atoms with Crippen molar-refractivity contribution in [2.24, 2.45) is 5.73 Å². The molecule has 2 rings (SSSR count). The third-order valence-electron chi connectivity index (χ3n) is 2.90. The number of fused-ring (bicyclic) bond motifs is 1. The molecule has 1 aromatic rings. The lowest BCUT2D eigenvalue weighted by molar-refractivity contribution is 0.565. The molecule has 0 radical (unpaired) electrons. The summed E-state index contributed by atoms with van der Waals surface area (Å²) in [6.07, 6.45) is 6.65. The molecule has 3 nitrogen and oxygen atoms in total. The van der Waals surface area contributed by atoms with E-state index in [9.17, 15) is 0 Å². The van der Waals surface area contributed by atoms with Gasteiger partial charge in [-0.25, -0.2) is 4.98 Å². The van der Waals surface area contributed by atoms with Crippen LogP contribution >= 0.6 is 0 Å². The number of nitrogens with two attached hydrogens (primary N) is 1. The average molecular weight is 193 g/mol. The number of imidazole rings is 1. The Labute approximate surface area is 85.1 Å². The van der Waals surface area contributed by atoms with Gasteiger partial charge in [-0.3, -0.25) is 0 Å². The number of nitrogens with one attached hydrogen (secondary N) is 1. The molecule has 0 spiro atoms. The molecule has 0 aromatic carbocycles. The predicted octanol–water partition coefficient (Wildman–Crippen LogP) is 1.57. The predicted molar refractivity (Wildman–Crippen MR) is 57.2 cm³/mol. The summed E-state index contributed by atoms with van der Waals surface area (Å²) in [7, 11) is 0. The van der Waals surface area contributed by atoms with Crippen molar-refractivity contribution in [3.63, 3.8) is 0 Å². The molecule has 0 aliphatic heterocycles. The van der Waals surface area contributed by atoms with Gasteiger partial charge in [0.15, 0.2) is 0 Å². The van der Waals surface area contributed by atoms with Crippen LogP contribution in [0.3, 0.4) is 0 Å². The average Bonchev–Trinajstić information content (AvgIpc) is 2.56. The van der Waals surface area contributed by atoms with Crippen molar-refractivity contribution < 1.29 is 0 Å². The van der Waals surface area contributed by atoms with Gasteiger partial charge >= 0.3 is 0 Å². The van der Waals surface area contributed by atoms with E-state index >= 15 is 0 Å². The van der Waals surface area contributed by atoms with Gasteiger partial charge < -0.3 is 10.7 Å². The number of aromatic amines is 1. The molecule has 1 heterocycles. The zero-order valence-corrected chi connectivity index (χ0v) is 8.84. The molecule has 0 saturated heterocycles. The van der Waals surface area contributed by atoms with Crippen LogP contribution in [0.5, 0.6) is 0 Å². The molecule has 1 aliphatic rings. The van der Waals surface area contributed by atoms with Gasteiger partial charge in [0.2, 0.25) is 0 Å². The molecule has 78 valence electrons. The van der Waals surface area contributed by atoms with Gasteiger partial charge in [0.25, 0.3) is 0 Å². The number of nitrogens with zero attached hydrogens (tertiary/aromatic N) is 1. The Morgan fingerprint density at radius 3 is 3.21 bits per heavy atom. The summed E-state index contributed by atoms with van der Waals surface area (Å²) in [5, 5.41) is 0. The summed E-state index contributed by atoms with van der Waals surface area (Å²) in [5.74, 6) is 1.16. The summed E-state index contributed by atoms with van der Waals surface area (Å²) in [6, 6.07) is 0.335. The van der Waals surface area contributed by atoms with E-state index in [4.69, 9.17) is 5.73 Å². The van der Waals surface area contributed by atoms with Crippen molar-refractivity contribution in [2.75, 3.05) is 0 Å². The van der Waals surface area contributed by atoms with Crippen molar-refractivity contribution >= 4 is 0 Å². The second-order valence-electron chi connectivity index (χ2n) is 4.22. The molecule has 1 aromatic heterocycles. The first-order valence-corrected chi connectivity index (χ1v) is 5.61. The van der Waals surface area contributed by atoms with Gasteiger partial charge in [0, 0.05) is 24.6 Å². The van der Waals surface area contributed by atoms with Gasteiger partial charge in [0.1, 0.15) is 5.82 Å². The van der Waals surface area contributed by atoms with Crippen LogP contribution < -0.4 is 5.73 Å². The van der Waals surface area contributed by atoms with Gasteiger partial charge in [0.05, 0.1) is 5.69 Å². The molecular weight excluding hydrogens is 174 g/mol. The van der Waals surface area contributed by atoms with Gasteiger partial charge in [-0.2, -0.15) is 0 Å². The second-order valence-corrected chi connectivity index (χ2v) is 4.22. The minimum atomic E-state index is 0.335. The van der Waals surface area contributed by atoms with Crippen LogP contribution in [0.2, 0.25) is 0 Å². The van der Waals surface area contributed by atoms with Crippen LogP contribution in [0.1, 0.15) is 43.4 Å². The third kappa shape index (κ3) is 1.98. The van der Waals surface area contributed by atoms with Crippen LogP contribution in [-0.2, 0) is 19.3 Å². The van der Waals surface area contributed by atoms with Crippen LogP contribution in [0.25, 0.3) is 0 Å². The lowest BCUT2D eigenvalue weighted by Crippen LogP contribution is -2.27. The number of aryl methyl sites for hydroxylation is 2. The molecule has 0 saturated carbocycles. The summed E-state index contributed by atoms with van der Waals surface area (Å²) >= 11 is 0. The monoisotopic (exact) mass is 193 g/mol. The van der Waals surface area contributed by atoms with E-state index in [1.807, 2.05) is 0 Å². The first-order chi connectivity index (χ1) is 6.79. The van der Waals surface area contributed by atoms with Crippen molar-refractivity contribution in [3.05, 3.63) is 17.2 Å². The highest BCUT2D eigenvalue weighted by molar-refractivity contribution is 5.19. The van der Waals surface area contributed by atoms with Crippen LogP contribution in [-0.4, -0.2) is 16.0 Å². The van der Waals surface area contributed by atoms with E-state index in [1.165, 1.54) is 24.2 Å². The molecule has 14 heavy (non-hydrogen) atoms. The fourth-order valence-corrected chi connectivity index (χ4v) is 2.03. The van der Waals surface area contributed by atoms with Gasteiger partial charge in [-0.05, 0) is 19.3 Å². The highest BCUT2D eigenvalue weighted by Gasteiger charge is 2.18. The molecular formula is C11H19N3. The number of unbranched alkanes of at least 4 members (excludes halogenated alkanes) is 1. The van der Waals surface area contributed by atoms with E-state index in [0.717, 1.165) is 31.5 Å². The summed E-state index contributed by atoms with van der Waals surface area (Å²) in [4.78, 5) is 8.02. The van der Waals surface area contributed by atoms with E-state index < -0.39 is 0 Å². The van der Waals surface area contributed by atoms with E-state index in [2.05, 4.69) is 16.9 Å². The summed E-state index contributed by atoms with van der Waals surface area (Å²) < 4.78 is 0. The Kier molecular flexibility index (Phi) is 2.87.